The third kappa shape index (κ3) is 3.38. The van der Waals surface area contributed by atoms with Crippen molar-refractivity contribution in [3.05, 3.63) is 29.8 Å². The Morgan fingerprint density at radius 2 is 2.07 bits per heavy atom. The minimum atomic E-state index is -0.903. The molecule has 1 aromatic rings. The van der Waals surface area contributed by atoms with Gasteiger partial charge in [0.25, 0.3) is 5.91 Å². The zero-order valence-corrected chi connectivity index (χ0v) is 15.5. The number of hydrogen-bond donors (Lipinski definition) is 2. The van der Waals surface area contributed by atoms with Gasteiger partial charge >= 0.3 is 0 Å². The van der Waals surface area contributed by atoms with E-state index in [0.717, 1.165) is 19.3 Å². The molecule has 2 heterocycles. The van der Waals surface area contributed by atoms with E-state index < -0.39 is 11.8 Å². The fourth-order valence-electron chi connectivity index (χ4n) is 3.91. The van der Waals surface area contributed by atoms with Crippen LogP contribution in [0.25, 0.3) is 0 Å². The first-order chi connectivity index (χ1) is 13.0. The lowest BCUT2D eigenvalue weighted by Gasteiger charge is -2.38. The lowest BCUT2D eigenvalue weighted by Crippen LogP contribution is -2.56. The molecule has 1 aliphatic carbocycles. The van der Waals surface area contributed by atoms with Crippen molar-refractivity contribution in [3.8, 4) is 5.75 Å². The number of para-hydroxylation sites is 1. The number of amides is 3. The van der Waals surface area contributed by atoms with Crippen molar-refractivity contribution >= 4 is 17.7 Å². The SMILES string of the molecule is CC(C(=O)NC1CCC1)N1CCC2(CCC1=O)NC(=O)c1ccccc1O2. The van der Waals surface area contributed by atoms with Crippen molar-refractivity contribution in [1.29, 1.82) is 0 Å². The molecule has 3 aliphatic rings. The predicted molar refractivity (Wildman–Crippen MR) is 98.1 cm³/mol. The summed E-state index contributed by atoms with van der Waals surface area (Å²) in [6.45, 7) is 2.13. The van der Waals surface area contributed by atoms with Gasteiger partial charge in [0, 0.05) is 31.8 Å². The second kappa shape index (κ2) is 6.87. The number of fused-ring (bicyclic) bond motifs is 1. The van der Waals surface area contributed by atoms with E-state index in [1.165, 1.54) is 0 Å². The van der Waals surface area contributed by atoms with Gasteiger partial charge in [-0.15, -0.1) is 0 Å². The van der Waals surface area contributed by atoms with Gasteiger partial charge in [0.2, 0.25) is 11.8 Å². The van der Waals surface area contributed by atoms with Gasteiger partial charge in [-0.25, -0.2) is 0 Å². The van der Waals surface area contributed by atoms with Crippen LogP contribution in [0.3, 0.4) is 0 Å². The molecule has 144 valence electrons. The number of likely N-dealkylation sites (tertiary alicyclic amines) is 1. The predicted octanol–water partition coefficient (Wildman–Crippen LogP) is 1.57. The summed E-state index contributed by atoms with van der Waals surface area (Å²) in [5, 5.41) is 5.96. The van der Waals surface area contributed by atoms with E-state index in [1.54, 1.807) is 30.0 Å². The highest BCUT2D eigenvalue weighted by Gasteiger charge is 2.43. The third-order valence-corrected chi connectivity index (χ3v) is 5.90. The summed E-state index contributed by atoms with van der Waals surface area (Å²) in [5.41, 5.74) is -0.399. The normalized spacial score (nSPS) is 26.3. The lowest BCUT2D eigenvalue weighted by atomic mass is 9.93. The maximum Gasteiger partial charge on any atom is 0.258 e. The Labute approximate surface area is 158 Å². The molecule has 7 nitrogen and oxygen atoms in total. The number of hydrogen-bond acceptors (Lipinski definition) is 4. The molecule has 4 rings (SSSR count). The van der Waals surface area contributed by atoms with Crippen molar-refractivity contribution in [2.75, 3.05) is 6.54 Å². The smallest absolute Gasteiger partial charge is 0.258 e. The van der Waals surface area contributed by atoms with E-state index in [0.29, 0.717) is 30.7 Å². The van der Waals surface area contributed by atoms with Crippen molar-refractivity contribution < 1.29 is 19.1 Å². The molecule has 2 N–H and O–H groups in total. The Morgan fingerprint density at radius 3 is 2.81 bits per heavy atom. The van der Waals surface area contributed by atoms with E-state index in [2.05, 4.69) is 10.6 Å². The average molecular weight is 371 g/mol. The van der Waals surface area contributed by atoms with Crippen LogP contribution in [0.2, 0.25) is 0 Å². The number of nitrogens with zero attached hydrogens (tertiary/aromatic N) is 1. The molecule has 2 atom stereocenters. The van der Waals surface area contributed by atoms with Crippen LogP contribution in [0.4, 0.5) is 0 Å². The van der Waals surface area contributed by atoms with E-state index in [1.807, 2.05) is 6.07 Å². The van der Waals surface area contributed by atoms with Crippen molar-refractivity contribution in [2.45, 2.75) is 63.3 Å². The first-order valence-electron chi connectivity index (χ1n) is 9.68. The van der Waals surface area contributed by atoms with Gasteiger partial charge in [-0.05, 0) is 38.3 Å². The van der Waals surface area contributed by atoms with E-state index >= 15 is 0 Å². The Morgan fingerprint density at radius 1 is 1.30 bits per heavy atom. The van der Waals surface area contributed by atoms with Gasteiger partial charge in [-0.3, -0.25) is 14.4 Å². The molecule has 2 unspecified atom stereocenters. The highest BCUT2D eigenvalue weighted by molar-refractivity contribution is 5.98. The van der Waals surface area contributed by atoms with Crippen LogP contribution in [-0.4, -0.2) is 47.0 Å². The monoisotopic (exact) mass is 371 g/mol. The van der Waals surface area contributed by atoms with Crippen molar-refractivity contribution in [3.63, 3.8) is 0 Å². The first kappa shape index (κ1) is 17.8. The van der Waals surface area contributed by atoms with Gasteiger partial charge in [0.1, 0.15) is 11.8 Å². The van der Waals surface area contributed by atoms with Crippen molar-refractivity contribution in [1.82, 2.24) is 15.5 Å². The molecule has 1 aromatic carbocycles. The first-order valence-corrected chi connectivity index (χ1v) is 9.68. The second-order valence-electron chi connectivity index (χ2n) is 7.70. The van der Waals surface area contributed by atoms with Gasteiger partial charge in [0.05, 0.1) is 5.56 Å². The molecular weight excluding hydrogens is 346 g/mol. The maximum absolute atomic E-state index is 12.7. The van der Waals surface area contributed by atoms with Gasteiger partial charge in [-0.2, -0.15) is 0 Å². The van der Waals surface area contributed by atoms with Crippen LogP contribution in [0, 0.1) is 0 Å². The van der Waals surface area contributed by atoms with E-state index in [9.17, 15) is 14.4 Å². The summed E-state index contributed by atoms with van der Waals surface area (Å²) in [5.74, 6) is 0.161. The molecule has 0 aromatic heterocycles. The zero-order valence-electron chi connectivity index (χ0n) is 15.5. The molecule has 7 heteroatoms. The number of benzene rings is 1. The van der Waals surface area contributed by atoms with Gasteiger partial charge in [-0.1, -0.05) is 12.1 Å². The number of nitrogens with one attached hydrogen (secondary N) is 2. The molecular formula is C20H25N3O4. The Hall–Kier alpha value is -2.57. The van der Waals surface area contributed by atoms with E-state index in [-0.39, 0.29) is 30.2 Å². The summed E-state index contributed by atoms with van der Waals surface area (Å²) >= 11 is 0. The summed E-state index contributed by atoms with van der Waals surface area (Å²) in [6, 6.07) is 6.82. The molecule has 2 aliphatic heterocycles. The summed E-state index contributed by atoms with van der Waals surface area (Å²) in [7, 11) is 0. The Kier molecular flexibility index (Phi) is 4.53. The maximum atomic E-state index is 12.7. The second-order valence-corrected chi connectivity index (χ2v) is 7.70. The highest BCUT2D eigenvalue weighted by atomic mass is 16.5. The molecule has 1 spiro atoms. The highest BCUT2D eigenvalue weighted by Crippen LogP contribution is 2.34. The molecule has 27 heavy (non-hydrogen) atoms. The Bertz CT molecular complexity index is 776. The lowest BCUT2D eigenvalue weighted by molar-refractivity contribution is -0.139. The fourth-order valence-corrected chi connectivity index (χ4v) is 3.91. The zero-order chi connectivity index (χ0) is 19.0. The van der Waals surface area contributed by atoms with Crippen LogP contribution in [0.1, 0.15) is 55.8 Å². The summed E-state index contributed by atoms with van der Waals surface area (Å²) in [4.78, 5) is 39.2. The van der Waals surface area contributed by atoms with Crippen LogP contribution in [0.15, 0.2) is 24.3 Å². The van der Waals surface area contributed by atoms with Gasteiger partial charge in [0.15, 0.2) is 5.72 Å². The molecule has 2 fully saturated rings. The topological polar surface area (TPSA) is 87.7 Å². The summed E-state index contributed by atoms with van der Waals surface area (Å²) in [6.07, 6.45) is 4.22. The molecule has 0 radical (unpaired) electrons. The quantitative estimate of drug-likeness (QED) is 0.844. The minimum Gasteiger partial charge on any atom is -0.467 e. The average Bonchev–Trinajstić information content (AvgIpc) is 2.77. The van der Waals surface area contributed by atoms with Crippen molar-refractivity contribution in [2.24, 2.45) is 0 Å². The van der Waals surface area contributed by atoms with Crippen LogP contribution < -0.4 is 15.4 Å². The minimum absolute atomic E-state index is 0.0835. The molecule has 0 bridgehead atoms. The largest absolute Gasteiger partial charge is 0.467 e. The standard InChI is InChI=1S/C20H25N3O4/c1-13(18(25)21-14-5-4-6-14)23-12-11-20(10-9-17(23)24)22-19(26)15-7-2-3-8-16(15)27-20/h2-3,7-8,13-14H,4-6,9-12H2,1H3,(H,21,25)(H,22,26). The number of ether oxygens (including phenoxy) is 1. The molecule has 3 amide bonds. The number of rotatable bonds is 3. The molecule has 1 saturated carbocycles. The van der Waals surface area contributed by atoms with Crippen LogP contribution >= 0.6 is 0 Å². The van der Waals surface area contributed by atoms with E-state index in [4.69, 9.17) is 4.74 Å². The van der Waals surface area contributed by atoms with Gasteiger partial charge < -0.3 is 20.3 Å². The third-order valence-electron chi connectivity index (χ3n) is 5.90. The van der Waals surface area contributed by atoms with Crippen LogP contribution in [-0.2, 0) is 9.59 Å². The number of carbonyl (C=O) groups is 3. The molecule has 1 saturated heterocycles. The number of carbonyl (C=O) groups excluding carboxylic acids is 3. The summed E-state index contributed by atoms with van der Waals surface area (Å²) < 4.78 is 6.13. The van der Waals surface area contributed by atoms with Crippen LogP contribution in [0.5, 0.6) is 5.75 Å². The fraction of sp³-hybridized carbons (Fsp3) is 0.550. The Balaban J connectivity index is 1.47.